The lowest BCUT2D eigenvalue weighted by Crippen LogP contribution is -2.13. The minimum Gasteiger partial charge on any atom is -0.340 e. The third kappa shape index (κ3) is 4.71. The molecule has 7 heteroatoms. The Morgan fingerprint density at radius 2 is 1.64 bits per heavy atom. The van der Waals surface area contributed by atoms with E-state index in [1.165, 1.54) is 13.1 Å². The molecule has 0 saturated carbocycles. The molecule has 0 radical (unpaired) electrons. The van der Waals surface area contributed by atoms with Crippen molar-refractivity contribution in [2.75, 3.05) is 16.0 Å². The third-order valence-corrected chi connectivity index (χ3v) is 3.80. The van der Waals surface area contributed by atoms with Gasteiger partial charge in [-0.1, -0.05) is 12.1 Å². The largest absolute Gasteiger partial charge is 0.340 e. The highest BCUT2D eigenvalue weighted by Crippen LogP contribution is 2.19. The van der Waals surface area contributed by atoms with Crippen LogP contribution in [0.4, 0.5) is 22.9 Å². The zero-order chi connectivity index (χ0) is 19.9. The quantitative estimate of drug-likeness (QED) is 0.630. The summed E-state index contributed by atoms with van der Waals surface area (Å²) in [6, 6.07) is 19.3. The zero-order valence-electron chi connectivity index (χ0n) is 15.1. The van der Waals surface area contributed by atoms with Crippen LogP contribution in [0.25, 0.3) is 0 Å². The van der Waals surface area contributed by atoms with Crippen molar-refractivity contribution < 1.29 is 9.59 Å². The molecule has 3 aromatic rings. The lowest BCUT2D eigenvalue weighted by atomic mass is 10.2. The van der Waals surface area contributed by atoms with Gasteiger partial charge in [-0.2, -0.15) is 5.26 Å². The molecule has 0 aliphatic heterocycles. The van der Waals surface area contributed by atoms with Gasteiger partial charge in [-0.3, -0.25) is 9.59 Å². The minimum atomic E-state index is -0.346. The summed E-state index contributed by atoms with van der Waals surface area (Å²) in [4.78, 5) is 27.6. The van der Waals surface area contributed by atoms with Crippen molar-refractivity contribution in [3.05, 3.63) is 78.0 Å². The Balaban J connectivity index is 1.65. The van der Waals surface area contributed by atoms with Gasteiger partial charge in [0.1, 0.15) is 11.9 Å². The highest BCUT2D eigenvalue weighted by Gasteiger charge is 2.09. The van der Waals surface area contributed by atoms with Crippen LogP contribution in [0.15, 0.2) is 66.9 Å². The van der Waals surface area contributed by atoms with Crippen molar-refractivity contribution >= 4 is 34.7 Å². The molecule has 1 aromatic heterocycles. The maximum absolute atomic E-state index is 12.4. The lowest BCUT2D eigenvalue weighted by molar-refractivity contribution is -0.114. The number of nitriles is 1. The fraction of sp³-hybridized carbons (Fsp3) is 0.0476. The molecule has 0 fully saturated rings. The predicted molar refractivity (Wildman–Crippen MR) is 107 cm³/mol. The van der Waals surface area contributed by atoms with Crippen molar-refractivity contribution in [3.63, 3.8) is 0 Å². The van der Waals surface area contributed by atoms with Crippen LogP contribution in [0.3, 0.4) is 0 Å². The van der Waals surface area contributed by atoms with Gasteiger partial charge in [0.2, 0.25) is 5.91 Å². The molecule has 0 bridgehead atoms. The Labute approximate surface area is 162 Å². The van der Waals surface area contributed by atoms with Gasteiger partial charge in [0.15, 0.2) is 0 Å². The number of benzene rings is 2. The number of nitrogens with one attached hydrogen (secondary N) is 3. The zero-order valence-corrected chi connectivity index (χ0v) is 15.1. The van der Waals surface area contributed by atoms with Crippen LogP contribution < -0.4 is 16.0 Å². The van der Waals surface area contributed by atoms with Crippen molar-refractivity contribution in [2.24, 2.45) is 0 Å². The molecule has 3 N–H and O–H groups in total. The van der Waals surface area contributed by atoms with Gasteiger partial charge in [-0.15, -0.1) is 0 Å². The molecule has 0 aliphatic carbocycles. The first-order valence-electron chi connectivity index (χ1n) is 8.46. The Kier molecular flexibility index (Phi) is 5.63. The van der Waals surface area contributed by atoms with E-state index in [1.807, 2.05) is 18.2 Å². The molecule has 0 saturated heterocycles. The van der Waals surface area contributed by atoms with Gasteiger partial charge in [-0.25, -0.2) is 4.98 Å². The van der Waals surface area contributed by atoms with E-state index < -0.39 is 0 Å². The molecule has 0 atom stereocenters. The molecule has 0 unspecified atom stereocenters. The van der Waals surface area contributed by atoms with Crippen LogP contribution >= 0.6 is 0 Å². The number of nitrogens with zero attached hydrogens (tertiary/aromatic N) is 2. The average Bonchev–Trinajstić information content (AvgIpc) is 2.70. The van der Waals surface area contributed by atoms with Crippen LogP contribution in [0, 0.1) is 11.3 Å². The Morgan fingerprint density at radius 1 is 0.929 bits per heavy atom. The van der Waals surface area contributed by atoms with Crippen molar-refractivity contribution in [1.82, 2.24) is 4.98 Å². The van der Waals surface area contributed by atoms with Gasteiger partial charge in [-0.05, 0) is 48.5 Å². The van der Waals surface area contributed by atoms with Gasteiger partial charge in [0.25, 0.3) is 5.91 Å². The third-order valence-electron chi connectivity index (χ3n) is 3.80. The van der Waals surface area contributed by atoms with Crippen LogP contribution in [0.5, 0.6) is 0 Å². The molecule has 0 aliphatic rings. The number of carbonyl (C=O) groups is 2. The SMILES string of the molecule is CC(=O)Nc1ccc(Nc2ccc(C(=O)Nc3ccccc3C#N)cn2)cc1. The topological polar surface area (TPSA) is 107 Å². The van der Waals surface area contributed by atoms with Gasteiger partial charge in [0, 0.05) is 24.5 Å². The van der Waals surface area contributed by atoms with E-state index in [9.17, 15) is 9.59 Å². The molecule has 2 amide bonds. The number of hydrogen-bond acceptors (Lipinski definition) is 5. The van der Waals surface area contributed by atoms with E-state index in [1.54, 1.807) is 48.5 Å². The number of amides is 2. The maximum atomic E-state index is 12.4. The first kappa shape index (κ1) is 18.6. The summed E-state index contributed by atoms with van der Waals surface area (Å²) in [5.41, 5.74) is 2.72. The van der Waals surface area contributed by atoms with Crippen molar-refractivity contribution in [3.8, 4) is 6.07 Å². The Bertz CT molecular complexity index is 1040. The second kappa shape index (κ2) is 8.47. The van der Waals surface area contributed by atoms with E-state index in [4.69, 9.17) is 5.26 Å². The van der Waals surface area contributed by atoms with Gasteiger partial charge in [0.05, 0.1) is 16.8 Å². The second-order valence-corrected chi connectivity index (χ2v) is 5.93. The summed E-state index contributed by atoms with van der Waals surface area (Å²) in [7, 11) is 0. The number of rotatable bonds is 5. The summed E-state index contributed by atoms with van der Waals surface area (Å²) in [5.74, 6) is 0.0938. The summed E-state index contributed by atoms with van der Waals surface area (Å²) < 4.78 is 0. The Morgan fingerprint density at radius 3 is 2.29 bits per heavy atom. The van der Waals surface area contributed by atoms with E-state index in [0.29, 0.717) is 28.3 Å². The van der Waals surface area contributed by atoms with E-state index >= 15 is 0 Å². The monoisotopic (exact) mass is 371 g/mol. The number of hydrogen-bond donors (Lipinski definition) is 3. The number of aromatic nitrogens is 1. The molecular formula is C21H17N5O2. The molecule has 1 heterocycles. The summed E-state index contributed by atoms with van der Waals surface area (Å²) in [6.45, 7) is 1.45. The van der Waals surface area contributed by atoms with E-state index in [-0.39, 0.29) is 11.8 Å². The standard InChI is InChI=1S/C21H17N5O2/c1-14(27)24-17-7-9-18(10-8-17)25-20-11-6-16(13-23-20)21(28)26-19-5-3-2-4-15(19)12-22/h2-11,13H,1H3,(H,23,25)(H,24,27)(H,26,28). The average molecular weight is 371 g/mol. The summed E-state index contributed by atoms with van der Waals surface area (Å²) >= 11 is 0. The van der Waals surface area contributed by atoms with E-state index in [2.05, 4.69) is 20.9 Å². The Hall–Kier alpha value is -4.18. The number of pyridine rings is 1. The predicted octanol–water partition coefficient (Wildman–Crippen LogP) is 3.91. The molecule has 138 valence electrons. The minimum absolute atomic E-state index is 0.131. The first-order chi connectivity index (χ1) is 13.5. The fourth-order valence-corrected chi connectivity index (χ4v) is 2.47. The smallest absolute Gasteiger partial charge is 0.257 e. The molecule has 2 aromatic carbocycles. The molecule has 0 spiro atoms. The normalized spacial score (nSPS) is 9.86. The fourth-order valence-electron chi connectivity index (χ4n) is 2.47. The number of anilines is 4. The van der Waals surface area contributed by atoms with Crippen LogP contribution in [-0.4, -0.2) is 16.8 Å². The van der Waals surface area contributed by atoms with Crippen LogP contribution in [0.2, 0.25) is 0 Å². The van der Waals surface area contributed by atoms with Gasteiger partial charge >= 0.3 is 0 Å². The maximum Gasteiger partial charge on any atom is 0.257 e. The highest BCUT2D eigenvalue weighted by molar-refractivity contribution is 6.04. The summed E-state index contributed by atoms with van der Waals surface area (Å²) in [5, 5.41) is 17.6. The van der Waals surface area contributed by atoms with Crippen molar-refractivity contribution in [1.29, 1.82) is 5.26 Å². The molecule has 3 rings (SSSR count). The van der Waals surface area contributed by atoms with Crippen molar-refractivity contribution in [2.45, 2.75) is 6.92 Å². The lowest BCUT2D eigenvalue weighted by Gasteiger charge is -2.09. The summed E-state index contributed by atoms with van der Waals surface area (Å²) in [6.07, 6.45) is 1.46. The van der Waals surface area contributed by atoms with Gasteiger partial charge < -0.3 is 16.0 Å². The molecule has 28 heavy (non-hydrogen) atoms. The van der Waals surface area contributed by atoms with E-state index in [0.717, 1.165) is 5.69 Å². The second-order valence-electron chi connectivity index (χ2n) is 5.93. The number of carbonyl (C=O) groups excluding carboxylic acids is 2. The molecule has 7 nitrogen and oxygen atoms in total. The highest BCUT2D eigenvalue weighted by atomic mass is 16.2. The molecular weight excluding hydrogens is 354 g/mol. The van der Waals surface area contributed by atoms with Crippen LogP contribution in [-0.2, 0) is 4.79 Å². The van der Waals surface area contributed by atoms with Crippen LogP contribution in [0.1, 0.15) is 22.8 Å². The number of para-hydroxylation sites is 1. The first-order valence-corrected chi connectivity index (χ1v) is 8.46.